The highest BCUT2D eigenvalue weighted by molar-refractivity contribution is 9.09. The highest BCUT2D eigenvalue weighted by Crippen LogP contribution is 2.67. The lowest BCUT2D eigenvalue weighted by Gasteiger charge is -2.35. The van der Waals surface area contributed by atoms with Crippen LogP contribution in [-0.2, 0) is 27.5 Å². The number of benzene rings is 2. The number of hydrogen-bond acceptors (Lipinski definition) is 5. The van der Waals surface area contributed by atoms with Gasteiger partial charge in [-0.3, -0.25) is 14.4 Å². The summed E-state index contributed by atoms with van der Waals surface area (Å²) >= 11 is 5.48. The number of nitrogens with zero attached hydrogens (tertiary/aromatic N) is 1. The van der Waals surface area contributed by atoms with Crippen LogP contribution in [0.1, 0.15) is 43.2 Å². The number of carbonyl (C=O) groups excluding carboxylic acids is 3. The summed E-state index contributed by atoms with van der Waals surface area (Å²) in [5, 5.41) is 15.2. The molecule has 2 aromatic rings. The summed E-state index contributed by atoms with van der Waals surface area (Å²) in [7, 11) is 0. The van der Waals surface area contributed by atoms with Crippen LogP contribution in [0, 0.1) is 11.8 Å². The zero-order chi connectivity index (χ0) is 27.4. The first kappa shape index (κ1) is 28.2. The lowest BCUT2D eigenvalue weighted by Crippen LogP contribution is -2.54. The molecule has 0 saturated carbocycles. The van der Waals surface area contributed by atoms with Gasteiger partial charge in [0.05, 0.1) is 16.6 Å². The molecule has 7 nitrogen and oxygen atoms in total. The third kappa shape index (κ3) is 5.63. The molecule has 0 aliphatic carbocycles. The van der Waals surface area contributed by atoms with Crippen LogP contribution in [0.2, 0.25) is 0 Å². The van der Waals surface area contributed by atoms with Crippen LogP contribution in [0.25, 0.3) is 0 Å². The molecule has 6 atom stereocenters. The summed E-state index contributed by atoms with van der Waals surface area (Å²) in [6, 6.07) is 18.9. The Labute approximate surface area is 242 Å². The number of rotatable bonds is 12. The Morgan fingerprint density at radius 2 is 1.51 bits per heavy atom. The van der Waals surface area contributed by atoms with Crippen molar-refractivity contribution >= 4 is 45.4 Å². The number of aliphatic hydroxyl groups excluding tert-OH is 1. The Hall–Kier alpha value is -2.36. The first-order valence-corrected chi connectivity index (χ1v) is 15.6. The summed E-state index contributed by atoms with van der Waals surface area (Å²) in [6.07, 6.45) is 3.91. The molecule has 3 unspecified atom stereocenters. The van der Waals surface area contributed by atoms with Crippen molar-refractivity contribution in [2.45, 2.75) is 66.1 Å². The Morgan fingerprint density at radius 3 is 2.13 bits per heavy atom. The number of carbonyl (C=O) groups is 3. The van der Waals surface area contributed by atoms with E-state index >= 15 is 0 Å². The molecule has 3 saturated heterocycles. The van der Waals surface area contributed by atoms with Crippen molar-refractivity contribution in [1.82, 2.24) is 15.5 Å². The van der Waals surface area contributed by atoms with E-state index in [1.54, 1.807) is 16.7 Å². The maximum absolute atomic E-state index is 14.1. The second-order valence-electron chi connectivity index (χ2n) is 10.7. The van der Waals surface area contributed by atoms with Gasteiger partial charge in [-0.05, 0) is 30.4 Å². The maximum Gasteiger partial charge on any atom is 0.244 e. The molecule has 208 valence electrons. The Bertz CT molecular complexity index is 1170. The summed E-state index contributed by atoms with van der Waals surface area (Å²) < 4.78 is -0.642. The van der Waals surface area contributed by atoms with E-state index in [4.69, 9.17) is 5.11 Å². The van der Waals surface area contributed by atoms with Crippen molar-refractivity contribution in [3.63, 3.8) is 0 Å². The van der Waals surface area contributed by atoms with E-state index in [-0.39, 0.29) is 34.4 Å². The molecular formula is C30H36BrN3O4S. The molecule has 3 aliphatic rings. The Kier molecular flexibility index (Phi) is 8.99. The molecule has 9 heteroatoms. The summed E-state index contributed by atoms with van der Waals surface area (Å²) in [4.78, 5) is 43.4. The zero-order valence-corrected chi connectivity index (χ0v) is 24.3. The third-order valence-corrected chi connectivity index (χ3v) is 11.5. The van der Waals surface area contributed by atoms with E-state index in [2.05, 4.69) is 26.6 Å². The quantitative estimate of drug-likeness (QED) is 0.251. The Balaban J connectivity index is 1.37. The van der Waals surface area contributed by atoms with Crippen LogP contribution < -0.4 is 10.6 Å². The number of likely N-dealkylation sites (tertiary alicyclic amines) is 1. The van der Waals surface area contributed by atoms with Crippen LogP contribution >= 0.6 is 27.7 Å². The van der Waals surface area contributed by atoms with Crippen LogP contribution in [-0.4, -0.2) is 61.7 Å². The first-order valence-electron chi connectivity index (χ1n) is 13.8. The summed E-state index contributed by atoms with van der Waals surface area (Å²) in [5.74, 6) is -1.36. The second-order valence-corrected chi connectivity index (χ2v) is 13.5. The fraction of sp³-hybridized carbons (Fsp3) is 0.500. The molecule has 2 aromatic carbocycles. The van der Waals surface area contributed by atoms with Crippen molar-refractivity contribution in [3.05, 3.63) is 71.8 Å². The molecule has 0 radical (unpaired) electrons. The third-order valence-electron chi connectivity index (χ3n) is 8.27. The first-order chi connectivity index (χ1) is 19.0. The number of aliphatic hydroxyl groups is 1. The molecule has 0 aromatic heterocycles. The standard InChI is InChI=1S/C30H36BrN3O4S/c31-22-17-30-24(23(25(22)39-30)27(36)32-18-20-11-5-3-6-12-20)29(38)34(15-9-1-2-10-16-35)26(30)28(37)33-19-21-13-7-4-8-14-21/h3-8,11-14,22-26,35H,1-2,9-10,15-19H2,(H,32,36)(H,33,37)/t22?,23-,24+,25-,26?,30?/m1/s1. The number of alkyl halides is 1. The maximum atomic E-state index is 14.1. The molecular weight excluding hydrogens is 578 g/mol. The highest BCUT2D eigenvalue weighted by atomic mass is 79.9. The van der Waals surface area contributed by atoms with Gasteiger partial charge in [-0.25, -0.2) is 0 Å². The van der Waals surface area contributed by atoms with Gasteiger partial charge in [0.15, 0.2) is 0 Å². The van der Waals surface area contributed by atoms with Crippen LogP contribution in [0.3, 0.4) is 0 Å². The van der Waals surface area contributed by atoms with E-state index in [1.807, 2.05) is 60.7 Å². The average Bonchev–Trinajstić information content (AvgIpc) is 3.55. The minimum Gasteiger partial charge on any atom is -0.396 e. The predicted octanol–water partition coefficient (Wildman–Crippen LogP) is 3.64. The van der Waals surface area contributed by atoms with Gasteiger partial charge in [0.2, 0.25) is 17.7 Å². The molecule has 3 N–H and O–H groups in total. The number of fused-ring (bicyclic) bond motifs is 1. The van der Waals surface area contributed by atoms with E-state index < -0.39 is 22.6 Å². The Morgan fingerprint density at radius 1 is 0.923 bits per heavy atom. The molecule has 5 rings (SSSR count). The number of nitrogens with one attached hydrogen (secondary N) is 2. The molecule has 2 bridgehead atoms. The lowest BCUT2D eigenvalue weighted by molar-refractivity contribution is -0.140. The van der Waals surface area contributed by atoms with Gasteiger partial charge in [-0.15, -0.1) is 11.8 Å². The van der Waals surface area contributed by atoms with Crippen molar-refractivity contribution in [3.8, 4) is 0 Å². The smallest absolute Gasteiger partial charge is 0.244 e. The van der Waals surface area contributed by atoms with Gasteiger partial charge in [-0.1, -0.05) is 89.4 Å². The largest absolute Gasteiger partial charge is 0.396 e. The van der Waals surface area contributed by atoms with E-state index in [9.17, 15) is 14.4 Å². The minimum atomic E-state index is -0.642. The topological polar surface area (TPSA) is 98.7 Å². The van der Waals surface area contributed by atoms with Gasteiger partial charge in [0, 0.05) is 36.3 Å². The van der Waals surface area contributed by atoms with Crippen LogP contribution in [0.15, 0.2) is 60.7 Å². The number of unbranched alkanes of at least 4 members (excludes halogenated alkanes) is 3. The van der Waals surface area contributed by atoms with E-state index in [0.29, 0.717) is 26.1 Å². The van der Waals surface area contributed by atoms with E-state index in [0.717, 1.165) is 36.8 Å². The second kappa shape index (κ2) is 12.4. The molecule has 3 fully saturated rings. The van der Waals surface area contributed by atoms with Gasteiger partial charge in [-0.2, -0.15) is 0 Å². The lowest BCUT2D eigenvalue weighted by atomic mass is 9.70. The van der Waals surface area contributed by atoms with Crippen LogP contribution in [0.4, 0.5) is 0 Å². The molecule has 3 aliphatic heterocycles. The number of hydrogen-bond donors (Lipinski definition) is 3. The highest BCUT2D eigenvalue weighted by Gasteiger charge is 2.75. The van der Waals surface area contributed by atoms with Crippen molar-refractivity contribution in [2.24, 2.45) is 11.8 Å². The van der Waals surface area contributed by atoms with Gasteiger partial charge >= 0.3 is 0 Å². The number of amides is 3. The predicted molar refractivity (Wildman–Crippen MR) is 156 cm³/mol. The zero-order valence-electron chi connectivity index (χ0n) is 21.9. The molecule has 39 heavy (non-hydrogen) atoms. The fourth-order valence-corrected chi connectivity index (χ4v) is 10.1. The number of halogens is 1. The normalized spacial score (nSPS) is 28.9. The fourth-order valence-electron chi connectivity index (χ4n) is 6.50. The van der Waals surface area contributed by atoms with Gasteiger partial charge < -0.3 is 20.6 Å². The van der Waals surface area contributed by atoms with Gasteiger partial charge in [0.1, 0.15) is 6.04 Å². The number of thioether (sulfide) groups is 1. The van der Waals surface area contributed by atoms with Gasteiger partial charge in [0.25, 0.3) is 0 Å². The minimum absolute atomic E-state index is 0.0490. The average molecular weight is 615 g/mol. The summed E-state index contributed by atoms with van der Waals surface area (Å²) in [5.41, 5.74) is 2.01. The molecule has 1 spiro atoms. The van der Waals surface area contributed by atoms with Crippen molar-refractivity contribution in [2.75, 3.05) is 13.2 Å². The SMILES string of the molecule is O=C(NCc1ccccc1)C1N(CCCCCCO)C(=O)[C@@H]2[C@@H](C(=O)NCc3ccccc3)[C@@H]3SC12CC3Br. The summed E-state index contributed by atoms with van der Waals surface area (Å²) in [6.45, 7) is 1.43. The van der Waals surface area contributed by atoms with Crippen molar-refractivity contribution in [1.29, 1.82) is 0 Å². The van der Waals surface area contributed by atoms with Crippen LogP contribution in [0.5, 0.6) is 0 Å². The molecule has 3 heterocycles. The van der Waals surface area contributed by atoms with E-state index in [1.165, 1.54) is 0 Å². The monoisotopic (exact) mass is 613 g/mol. The molecule has 3 amide bonds. The van der Waals surface area contributed by atoms with Crippen molar-refractivity contribution < 1.29 is 19.5 Å².